The van der Waals surface area contributed by atoms with Crippen molar-refractivity contribution in [2.45, 2.75) is 24.2 Å². The minimum atomic E-state index is -4.10. The molecule has 0 aliphatic carbocycles. The van der Waals surface area contributed by atoms with Crippen LogP contribution in [0, 0.1) is 10.1 Å². The van der Waals surface area contributed by atoms with Crippen LogP contribution in [0.1, 0.15) is 18.4 Å². The molecule has 1 aliphatic rings. The predicted octanol–water partition coefficient (Wildman–Crippen LogP) is 2.56. The third-order valence-electron chi connectivity index (χ3n) is 4.37. The zero-order chi connectivity index (χ0) is 19.4. The van der Waals surface area contributed by atoms with Crippen molar-refractivity contribution in [1.29, 1.82) is 0 Å². The molecule has 0 radical (unpaired) electrons. The predicted molar refractivity (Wildman–Crippen MR) is 99.9 cm³/mol. The average Bonchev–Trinajstić information content (AvgIpc) is 3.18. The van der Waals surface area contributed by atoms with E-state index in [9.17, 15) is 23.3 Å². The summed E-state index contributed by atoms with van der Waals surface area (Å²) in [6, 6.07) is 11.6. The lowest BCUT2D eigenvalue weighted by Crippen LogP contribution is -2.29. The molecule has 9 heteroatoms. The maximum Gasteiger partial charge on any atom is 0.289 e. The molecular weight excluding hydrogens is 370 g/mol. The second-order valence-corrected chi connectivity index (χ2v) is 7.94. The molecular formula is C18H19N3O5S. The minimum absolute atomic E-state index is 0.0562. The first-order chi connectivity index (χ1) is 12.9. The Balaban J connectivity index is 1.72. The molecule has 1 N–H and O–H groups in total. The number of nitrogens with zero attached hydrogens (tertiary/aromatic N) is 2. The van der Waals surface area contributed by atoms with Crippen molar-refractivity contribution < 1.29 is 18.1 Å². The second kappa shape index (κ2) is 7.75. The molecule has 2 aromatic carbocycles. The van der Waals surface area contributed by atoms with Gasteiger partial charge in [-0.2, -0.15) is 0 Å². The van der Waals surface area contributed by atoms with E-state index < -0.39 is 25.5 Å². The smallest absolute Gasteiger partial charge is 0.289 e. The standard InChI is InChI=1S/C18H19N3O5S/c22-18(20-11-3-4-12-20)13-14-7-9-15(10-8-14)19-27(25,26)17-6-2-1-5-16(17)21(23)24/h1-2,5-10,19H,3-4,11-13H2. The van der Waals surface area contributed by atoms with Crippen LogP contribution >= 0.6 is 0 Å². The van der Waals surface area contributed by atoms with Gasteiger partial charge >= 0.3 is 0 Å². The van der Waals surface area contributed by atoms with E-state index in [2.05, 4.69) is 4.72 Å². The van der Waals surface area contributed by atoms with Crippen LogP contribution in [0.25, 0.3) is 0 Å². The number of hydrogen-bond donors (Lipinski definition) is 1. The van der Waals surface area contributed by atoms with Crippen LogP contribution in [-0.4, -0.2) is 37.2 Å². The van der Waals surface area contributed by atoms with Crippen molar-refractivity contribution in [2.24, 2.45) is 0 Å². The molecule has 1 fully saturated rings. The van der Waals surface area contributed by atoms with Crippen LogP contribution in [0.4, 0.5) is 11.4 Å². The molecule has 1 heterocycles. The molecule has 3 rings (SSSR count). The maximum atomic E-state index is 12.5. The maximum absolute atomic E-state index is 12.5. The summed E-state index contributed by atoms with van der Waals surface area (Å²) in [6.45, 7) is 1.57. The van der Waals surface area contributed by atoms with Crippen molar-refractivity contribution in [2.75, 3.05) is 17.8 Å². The van der Waals surface area contributed by atoms with Gasteiger partial charge in [-0.1, -0.05) is 24.3 Å². The van der Waals surface area contributed by atoms with Gasteiger partial charge in [0.25, 0.3) is 15.7 Å². The van der Waals surface area contributed by atoms with E-state index in [4.69, 9.17) is 0 Å². The molecule has 142 valence electrons. The van der Waals surface area contributed by atoms with Crippen molar-refractivity contribution >= 4 is 27.3 Å². The van der Waals surface area contributed by atoms with Crippen LogP contribution in [0.2, 0.25) is 0 Å². The number of carbonyl (C=O) groups excluding carboxylic acids is 1. The Kier molecular flexibility index (Phi) is 5.41. The number of anilines is 1. The molecule has 0 spiro atoms. The van der Waals surface area contributed by atoms with Crippen molar-refractivity contribution in [3.8, 4) is 0 Å². The van der Waals surface area contributed by atoms with Gasteiger partial charge in [-0.15, -0.1) is 0 Å². The summed E-state index contributed by atoms with van der Waals surface area (Å²) in [5.41, 5.74) is 0.559. The molecule has 0 saturated carbocycles. The number of nitro groups is 1. The number of rotatable bonds is 6. The summed E-state index contributed by atoms with van der Waals surface area (Å²) in [6.07, 6.45) is 2.31. The summed E-state index contributed by atoms with van der Waals surface area (Å²) in [5.74, 6) is 0.0562. The molecule has 2 aromatic rings. The van der Waals surface area contributed by atoms with Gasteiger partial charge < -0.3 is 4.90 Å². The Bertz CT molecular complexity index is 951. The number of benzene rings is 2. The van der Waals surface area contributed by atoms with E-state index >= 15 is 0 Å². The van der Waals surface area contributed by atoms with Gasteiger partial charge in [-0.05, 0) is 36.6 Å². The number of para-hydroxylation sites is 1. The van der Waals surface area contributed by atoms with E-state index in [0.29, 0.717) is 0 Å². The summed E-state index contributed by atoms with van der Waals surface area (Å²) in [7, 11) is -4.10. The van der Waals surface area contributed by atoms with Gasteiger partial charge in [0.05, 0.1) is 11.3 Å². The molecule has 0 atom stereocenters. The van der Waals surface area contributed by atoms with Crippen molar-refractivity contribution in [3.63, 3.8) is 0 Å². The van der Waals surface area contributed by atoms with Crippen LogP contribution in [0.5, 0.6) is 0 Å². The minimum Gasteiger partial charge on any atom is -0.342 e. The number of hydrogen-bond acceptors (Lipinski definition) is 5. The lowest BCUT2D eigenvalue weighted by atomic mass is 10.1. The van der Waals surface area contributed by atoms with E-state index in [1.807, 2.05) is 4.90 Å². The van der Waals surface area contributed by atoms with Crippen LogP contribution in [0.3, 0.4) is 0 Å². The van der Waals surface area contributed by atoms with Gasteiger partial charge in [-0.25, -0.2) is 8.42 Å². The number of nitrogens with one attached hydrogen (secondary N) is 1. The van der Waals surface area contributed by atoms with Crippen LogP contribution in [0.15, 0.2) is 53.4 Å². The third-order valence-corrected chi connectivity index (χ3v) is 5.80. The van der Waals surface area contributed by atoms with Gasteiger partial charge in [0.15, 0.2) is 4.90 Å². The number of nitro benzene ring substituents is 1. The van der Waals surface area contributed by atoms with Crippen molar-refractivity contribution in [3.05, 3.63) is 64.2 Å². The molecule has 27 heavy (non-hydrogen) atoms. The van der Waals surface area contributed by atoms with Gasteiger partial charge in [-0.3, -0.25) is 19.6 Å². The molecule has 1 aliphatic heterocycles. The third kappa shape index (κ3) is 4.43. The fourth-order valence-electron chi connectivity index (χ4n) is 2.99. The Morgan fingerprint density at radius 2 is 1.70 bits per heavy atom. The lowest BCUT2D eigenvalue weighted by Gasteiger charge is -2.15. The molecule has 8 nitrogen and oxygen atoms in total. The summed E-state index contributed by atoms with van der Waals surface area (Å²) in [4.78, 5) is 23.9. The van der Waals surface area contributed by atoms with E-state index in [1.54, 1.807) is 24.3 Å². The van der Waals surface area contributed by atoms with Crippen LogP contribution < -0.4 is 4.72 Å². The first-order valence-electron chi connectivity index (χ1n) is 8.50. The molecule has 0 unspecified atom stereocenters. The zero-order valence-corrected chi connectivity index (χ0v) is 15.3. The molecule has 1 amide bonds. The fraction of sp³-hybridized carbons (Fsp3) is 0.278. The fourth-order valence-corrected chi connectivity index (χ4v) is 4.22. The van der Waals surface area contributed by atoms with E-state index in [-0.39, 0.29) is 18.0 Å². The quantitative estimate of drug-likeness (QED) is 0.603. The summed E-state index contributed by atoms with van der Waals surface area (Å²) < 4.78 is 27.3. The number of carbonyl (C=O) groups is 1. The number of likely N-dealkylation sites (tertiary alicyclic amines) is 1. The topological polar surface area (TPSA) is 110 Å². The highest BCUT2D eigenvalue weighted by molar-refractivity contribution is 7.92. The molecule has 1 saturated heterocycles. The monoisotopic (exact) mass is 389 g/mol. The van der Waals surface area contributed by atoms with Gasteiger partial charge in [0, 0.05) is 24.8 Å². The van der Waals surface area contributed by atoms with E-state index in [1.165, 1.54) is 18.2 Å². The lowest BCUT2D eigenvalue weighted by molar-refractivity contribution is -0.387. The highest BCUT2D eigenvalue weighted by Gasteiger charge is 2.25. The second-order valence-electron chi connectivity index (χ2n) is 6.29. The zero-order valence-electron chi connectivity index (χ0n) is 14.5. The SMILES string of the molecule is O=C(Cc1ccc(NS(=O)(=O)c2ccccc2[N+](=O)[O-])cc1)N1CCCC1. The highest BCUT2D eigenvalue weighted by atomic mass is 32.2. The first kappa shape index (κ1) is 18.8. The van der Waals surface area contributed by atoms with Gasteiger partial charge in [0.1, 0.15) is 0 Å². The first-order valence-corrected chi connectivity index (χ1v) is 9.98. The largest absolute Gasteiger partial charge is 0.342 e. The molecule has 0 bridgehead atoms. The molecule has 0 aromatic heterocycles. The Hall–Kier alpha value is -2.94. The van der Waals surface area contributed by atoms with Crippen LogP contribution in [-0.2, 0) is 21.2 Å². The van der Waals surface area contributed by atoms with Gasteiger partial charge in [0.2, 0.25) is 5.91 Å². The van der Waals surface area contributed by atoms with E-state index in [0.717, 1.165) is 37.6 Å². The van der Waals surface area contributed by atoms with Crippen molar-refractivity contribution in [1.82, 2.24) is 4.90 Å². The normalized spacial score (nSPS) is 14.1. The number of amides is 1. The Morgan fingerprint density at radius 1 is 1.07 bits per heavy atom. The Morgan fingerprint density at radius 3 is 2.33 bits per heavy atom. The summed E-state index contributed by atoms with van der Waals surface area (Å²) in [5, 5.41) is 11.1. The number of sulfonamides is 1. The average molecular weight is 389 g/mol. The highest BCUT2D eigenvalue weighted by Crippen LogP contribution is 2.25. The Labute approximate surface area is 157 Å². The summed E-state index contributed by atoms with van der Waals surface area (Å²) >= 11 is 0.